The molecule has 0 aliphatic rings. The second kappa shape index (κ2) is 8.46. The van der Waals surface area contributed by atoms with E-state index in [1.54, 1.807) is 18.2 Å². The van der Waals surface area contributed by atoms with Crippen LogP contribution < -0.4 is 5.32 Å². The summed E-state index contributed by atoms with van der Waals surface area (Å²) < 4.78 is 7.03. The first-order chi connectivity index (χ1) is 14.1. The number of fused-ring (bicyclic) bond motifs is 1. The summed E-state index contributed by atoms with van der Waals surface area (Å²) in [5.74, 6) is 0.617. The highest BCUT2D eigenvalue weighted by Gasteiger charge is 2.10. The van der Waals surface area contributed by atoms with Crippen LogP contribution in [0.25, 0.3) is 23.1 Å². The van der Waals surface area contributed by atoms with E-state index in [2.05, 4.69) is 20.4 Å². The number of hydrogen-bond acceptors (Lipinski definition) is 5. The Bertz CT molecular complexity index is 1200. The molecule has 29 heavy (non-hydrogen) atoms. The minimum atomic E-state index is -0.262. The van der Waals surface area contributed by atoms with Gasteiger partial charge < -0.3 is 9.84 Å². The lowest BCUT2D eigenvalue weighted by Gasteiger charge is -1.99. The van der Waals surface area contributed by atoms with E-state index in [0.29, 0.717) is 46.2 Å². The summed E-state index contributed by atoms with van der Waals surface area (Å²) >= 11 is 12.1. The van der Waals surface area contributed by atoms with Crippen molar-refractivity contribution in [2.75, 3.05) is 6.54 Å². The normalized spacial score (nSPS) is 11.4. The molecule has 3 aromatic heterocycles. The number of amides is 1. The van der Waals surface area contributed by atoms with Gasteiger partial charge in [0, 0.05) is 35.8 Å². The van der Waals surface area contributed by atoms with Gasteiger partial charge >= 0.3 is 0 Å². The molecule has 0 radical (unpaired) electrons. The number of imidazole rings is 1. The highest BCUT2D eigenvalue weighted by atomic mass is 35.5. The highest BCUT2D eigenvalue weighted by molar-refractivity contribution is 6.31. The monoisotopic (exact) mass is 427 g/mol. The predicted octanol–water partition coefficient (Wildman–Crippen LogP) is 4.06. The zero-order valence-corrected chi connectivity index (χ0v) is 16.6. The molecule has 0 saturated carbocycles. The van der Waals surface area contributed by atoms with E-state index in [0.717, 1.165) is 5.56 Å². The Morgan fingerprint density at radius 3 is 2.93 bits per heavy atom. The number of nitrogens with one attached hydrogen (secondary N) is 1. The Morgan fingerprint density at radius 2 is 2.07 bits per heavy atom. The van der Waals surface area contributed by atoms with Crippen LogP contribution in [0.4, 0.5) is 0 Å². The van der Waals surface area contributed by atoms with Crippen molar-refractivity contribution in [3.63, 3.8) is 0 Å². The molecule has 9 heteroatoms. The molecule has 4 rings (SSSR count). The first-order valence-corrected chi connectivity index (χ1v) is 9.53. The average Bonchev–Trinajstić information content (AvgIpc) is 3.30. The molecule has 7 nitrogen and oxygen atoms in total. The minimum absolute atomic E-state index is 0.262. The largest absolute Gasteiger partial charge is 0.352 e. The Labute approximate surface area is 176 Å². The molecule has 146 valence electrons. The van der Waals surface area contributed by atoms with Crippen molar-refractivity contribution in [1.29, 1.82) is 0 Å². The summed E-state index contributed by atoms with van der Waals surface area (Å²) in [6.45, 7) is 0.348. The van der Waals surface area contributed by atoms with Gasteiger partial charge in [-0.05, 0) is 30.3 Å². The number of rotatable bonds is 6. The number of nitrogens with zero attached hydrogens (tertiary/aromatic N) is 4. The Balaban J connectivity index is 1.33. The smallest absolute Gasteiger partial charge is 0.244 e. The molecule has 4 aromatic rings. The molecule has 0 aliphatic heterocycles. The predicted molar refractivity (Wildman–Crippen MR) is 111 cm³/mol. The Kier molecular flexibility index (Phi) is 5.59. The first kappa shape index (κ1) is 19.2. The number of hydrogen-bond donors (Lipinski definition) is 1. The number of pyridine rings is 1. The zero-order chi connectivity index (χ0) is 20.2. The molecule has 1 aromatic carbocycles. The van der Waals surface area contributed by atoms with Crippen molar-refractivity contribution in [2.24, 2.45) is 0 Å². The van der Waals surface area contributed by atoms with Crippen LogP contribution in [0.15, 0.2) is 59.3 Å². The summed E-state index contributed by atoms with van der Waals surface area (Å²) in [4.78, 5) is 20.6. The summed E-state index contributed by atoms with van der Waals surface area (Å²) in [5, 5.41) is 7.64. The second-order valence-corrected chi connectivity index (χ2v) is 6.91. The first-order valence-electron chi connectivity index (χ1n) is 8.77. The average molecular weight is 428 g/mol. The van der Waals surface area contributed by atoms with Crippen LogP contribution in [-0.2, 0) is 11.2 Å². The van der Waals surface area contributed by atoms with Crippen LogP contribution in [-0.4, -0.2) is 32.0 Å². The van der Waals surface area contributed by atoms with Gasteiger partial charge in [-0.25, -0.2) is 4.98 Å². The van der Waals surface area contributed by atoms with Crippen LogP contribution in [0.3, 0.4) is 0 Å². The number of halogens is 2. The third-order valence-corrected chi connectivity index (χ3v) is 4.62. The van der Waals surface area contributed by atoms with Crippen LogP contribution in [0.5, 0.6) is 0 Å². The fourth-order valence-corrected chi connectivity index (χ4v) is 3.17. The molecule has 1 N–H and O–H groups in total. The maximum absolute atomic E-state index is 12.1. The van der Waals surface area contributed by atoms with Gasteiger partial charge in [0.05, 0.1) is 5.69 Å². The SMILES string of the molecule is O=C(C=Cc1c(Cl)nc2ccccn12)NCCc1nc(-c2cccc(Cl)c2)no1. The fraction of sp³-hybridized carbons (Fsp3) is 0.100. The van der Waals surface area contributed by atoms with E-state index < -0.39 is 0 Å². The van der Waals surface area contributed by atoms with Crippen LogP contribution in [0, 0.1) is 0 Å². The highest BCUT2D eigenvalue weighted by Crippen LogP contribution is 2.20. The van der Waals surface area contributed by atoms with Gasteiger partial charge in [-0.3, -0.25) is 9.20 Å². The number of carbonyl (C=O) groups is 1. The third kappa shape index (κ3) is 4.47. The number of benzene rings is 1. The van der Waals surface area contributed by atoms with E-state index >= 15 is 0 Å². The van der Waals surface area contributed by atoms with Gasteiger partial charge in [0.25, 0.3) is 0 Å². The standard InChI is InChI=1S/C20H15Cl2N5O2/c21-14-5-3-4-13(12-14)20-25-18(29-26-20)9-10-23-17(28)8-7-15-19(22)24-16-6-1-2-11-27(15)16/h1-8,11-12H,9-10H2,(H,23,28). The van der Waals surface area contributed by atoms with Gasteiger partial charge in [0.1, 0.15) is 5.65 Å². The van der Waals surface area contributed by atoms with E-state index in [1.807, 2.05) is 40.9 Å². The Hall–Kier alpha value is -3.16. The van der Waals surface area contributed by atoms with E-state index in [4.69, 9.17) is 27.7 Å². The third-order valence-electron chi connectivity index (χ3n) is 4.10. The molecule has 3 heterocycles. The molecule has 0 saturated heterocycles. The summed E-state index contributed by atoms with van der Waals surface area (Å²) in [5.41, 5.74) is 2.12. The van der Waals surface area contributed by atoms with Gasteiger partial charge in [0.15, 0.2) is 5.15 Å². The van der Waals surface area contributed by atoms with Crippen molar-refractivity contribution in [3.05, 3.63) is 76.5 Å². The fourth-order valence-electron chi connectivity index (χ4n) is 2.74. The lowest BCUT2D eigenvalue weighted by molar-refractivity contribution is -0.116. The van der Waals surface area contributed by atoms with Crippen LogP contribution >= 0.6 is 23.2 Å². The van der Waals surface area contributed by atoms with Crippen molar-refractivity contribution in [1.82, 2.24) is 24.8 Å². The lowest BCUT2D eigenvalue weighted by Crippen LogP contribution is -2.23. The lowest BCUT2D eigenvalue weighted by atomic mass is 10.2. The quantitative estimate of drug-likeness (QED) is 0.468. The van der Waals surface area contributed by atoms with Gasteiger partial charge in [-0.1, -0.05) is 46.6 Å². The molecule has 0 spiro atoms. The van der Waals surface area contributed by atoms with E-state index in [1.165, 1.54) is 6.08 Å². The molecule has 0 bridgehead atoms. The van der Waals surface area contributed by atoms with Crippen molar-refractivity contribution in [2.45, 2.75) is 6.42 Å². The molecule has 0 atom stereocenters. The maximum atomic E-state index is 12.1. The molecular weight excluding hydrogens is 413 g/mol. The zero-order valence-electron chi connectivity index (χ0n) is 15.0. The minimum Gasteiger partial charge on any atom is -0.352 e. The molecule has 1 amide bonds. The number of aromatic nitrogens is 4. The van der Waals surface area contributed by atoms with Crippen molar-refractivity contribution < 1.29 is 9.32 Å². The topological polar surface area (TPSA) is 85.3 Å². The van der Waals surface area contributed by atoms with Crippen LogP contribution in [0.2, 0.25) is 10.2 Å². The van der Waals surface area contributed by atoms with Gasteiger partial charge in [-0.15, -0.1) is 0 Å². The van der Waals surface area contributed by atoms with Crippen molar-refractivity contribution >= 4 is 40.8 Å². The summed E-state index contributed by atoms with van der Waals surface area (Å²) in [7, 11) is 0. The molecule has 0 aliphatic carbocycles. The van der Waals surface area contributed by atoms with E-state index in [9.17, 15) is 4.79 Å². The number of carbonyl (C=O) groups excluding carboxylic acids is 1. The van der Waals surface area contributed by atoms with Gasteiger partial charge in [-0.2, -0.15) is 4.98 Å². The molecule has 0 fully saturated rings. The summed E-state index contributed by atoms with van der Waals surface area (Å²) in [6.07, 6.45) is 5.28. The maximum Gasteiger partial charge on any atom is 0.244 e. The van der Waals surface area contributed by atoms with Crippen molar-refractivity contribution in [3.8, 4) is 11.4 Å². The van der Waals surface area contributed by atoms with E-state index in [-0.39, 0.29) is 5.91 Å². The molecule has 0 unspecified atom stereocenters. The summed E-state index contributed by atoms with van der Waals surface area (Å²) in [6, 6.07) is 12.8. The van der Waals surface area contributed by atoms with Gasteiger partial charge in [0.2, 0.25) is 17.6 Å². The Morgan fingerprint density at radius 1 is 1.17 bits per heavy atom. The molecular formula is C20H15Cl2N5O2. The second-order valence-electron chi connectivity index (χ2n) is 6.11. The van der Waals surface area contributed by atoms with Crippen LogP contribution in [0.1, 0.15) is 11.6 Å².